The number of hydrogen-bond acceptors (Lipinski definition) is 3. The summed E-state index contributed by atoms with van der Waals surface area (Å²) in [6.07, 6.45) is 3.71. The van der Waals surface area contributed by atoms with E-state index < -0.39 is 0 Å². The molecule has 0 aliphatic rings. The van der Waals surface area contributed by atoms with Gasteiger partial charge in [0.25, 0.3) is 0 Å². The lowest BCUT2D eigenvalue weighted by Gasteiger charge is -2.07. The van der Waals surface area contributed by atoms with Crippen molar-refractivity contribution in [2.75, 3.05) is 0 Å². The molecule has 0 aliphatic heterocycles. The number of nitrogens with zero attached hydrogens (tertiary/aromatic N) is 2. The molecule has 0 saturated heterocycles. The van der Waals surface area contributed by atoms with Crippen molar-refractivity contribution in [3.8, 4) is 5.75 Å². The van der Waals surface area contributed by atoms with Crippen LogP contribution in [0.15, 0.2) is 71.6 Å². The lowest BCUT2D eigenvalue weighted by molar-refractivity contribution is 0.483. The third kappa shape index (κ3) is 4.85. The molecule has 22 heavy (non-hydrogen) atoms. The second kappa shape index (κ2) is 8.13. The molecule has 0 heterocycles. The van der Waals surface area contributed by atoms with Gasteiger partial charge in [-0.15, -0.1) is 0 Å². The minimum Gasteiger partial charge on any atom is -0.466 e. The predicted molar refractivity (Wildman–Crippen MR) is 91.0 cm³/mol. The molecule has 1 unspecified atom stereocenters. The zero-order valence-electron chi connectivity index (χ0n) is 13.2. The number of benzene rings is 2. The Morgan fingerprint density at radius 3 is 2.05 bits per heavy atom. The molecule has 0 fully saturated rings. The monoisotopic (exact) mass is 294 g/mol. The van der Waals surface area contributed by atoms with Crippen molar-refractivity contribution in [2.45, 2.75) is 26.7 Å². The van der Waals surface area contributed by atoms with E-state index in [1.54, 1.807) is 0 Å². The van der Waals surface area contributed by atoms with Gasteiger partial charge in [0.1, 0.15) is 5.75 Å². The van der Waals surface area contributed by atoms with Crippen LogP contribution in [0.4, 0.5) is 11.4 Å². The summed E-state index contributed by atoms with van der Waals surface area (Å²) in [4.78, 5) is 0. The molecular formula is C19H22N2O. The molecule has 0 spiro atoms. The molecule has 3 nitrogen and oxygen atoms in total. The highest BCUT2D eigenvalue weighted by Crippen LogP contribution is 2.22. The first-order valence-corrected chi connectivity index (χ1v) is 7.59. The molecule has 0 saturated carbocycles. The fourth-order valence-corrected chi connectivity index (χ4v) is 2.05. The Morgan fingerprint density at radius 2 is 1.55 bits per heavy atom. The molecule has 114 valence electrons. The lowest BCUT2D eigenvalue weighted by Crippen LogP contribution is -1.96. The largest absolute Gasteiger partial charge is 0.466 e. The molecule has 1 atom stereocenters. The number of rotatable bonds is 7. The van der Waals surface area contributed by atoms with Crippen molar-refractivity contribution in [1.29, 1.82) is 0 Å². The highest BCUT2D eigenvalue weighted by molar-refractivity contribution is 5.43. The first-order chi connectivity index (χ1) is 10.7. The molecule has 0 radical (unpaired) electrons. The summed E-state index contributed by atoms with van der Waals surface area (Å²) >= 11 is 0. The van der Waals surface area contributed by atoms with Crippen molar-refractivity contribution < 1.29 is 4.74 Å². The maximum absolute atomic E-state index is 5.17. The van der Waals surface area contributed by atoms with E-state index in [1.807, 2.05) is 36.4 Å². The van der Waals surface area contributed by atoms with Crippen LogP contribution in [0.2, 0.25) is 0 Å². The van der Waals surface area contributed by atoms with Gasteiger partial charge >= 0.3 is 0 Å². The van der Waals surface area contributed by atoms with E-state index in [-0.39, 0.29) is 0 Å². The summed E-state index contributed by atoms with van der Waals surface area (Å²) in [6.45, 7) is 8.01. The third-order valence-electron chi connectivity index (χ3n) is 3.55. The Hall–Kier alpha value is -2.42. The third-order valence-corrected chi connectivity index (χ3v) is 3.55. The van der Waals surface area contributed by atoms with E-state index >= 15 is 0 Å². The van der Waals surface area contributed by atoms with Crippen molar-refractivity contribution in [1.82, 2.24) is 0 Å². The van der Waals surface area contributed by atoms with Crippen LogP contribution in [0.3, 0.4) is 0 Å². The maximum Gasteiger partial charge on any atom is 0.126 e. The van der Waals surface area contributed by atoms with Crippen LogP contribution >= 0.6 is 0 Å². The second-order valence-electron chi connectivity index (χ2n) is 5.36. The van der Waals surface area contributed by atoms with Gasteiger partial charge in [0.2, 0.25) is 0 Å². The maximum atomic E-state index is 5.17. The summed E-state index contributed by atoms with van der Waals surface area (Å²) in [7, 11) is 0. The lowest BCUT2D eigenvalue weighted by atomic mass is 9.99. The second-order valence-corrected chi connectivity index (χ2v) is 5.36. The van der Waals surface area contributed by atoms with Crippen LogP contribution in [0.25, 0.3) is 0 Å². The molecule has 2 rings (SSSR count). The van der Waals surface area contributed by atoms with Crippen molar-refractivity contribution >= 4 is 11.4 Å². The number of ether oxygens (including phenoxy) is 1. The van der Waals surface area contributed by atoms with Crippen LogP contribution < -0.4 is 4.74 Å². The molecule has 3 heteroatoms. The SMILES string of the molecule is C=COc1ccc(N=Nc2ccc(CC(C)CC)cc2)cc1. The van der Waals surface area contributed by atoms with Crippen molar-refractivity contribution in [2.24, 2.45) is 16.1 Å². The quantitative estimate of drug-likeness (QED) is 0.441. The van der Waals surface area contributed by atoms with Crippen molar-refractivity contribution in [3.05, 3.63) is 66.9 Å². The molecule has 0 aromatic heterocycles. The minimum absolute atomic E-state index is 0.712. The number of hydrogen-bond donors (Lipinski definition) is 0. The van der Waals surface area contributed by atoms with E-state index in [4.69, 9.17) is 4.74 Å². The normalized spacial score (nSPS) is 12.3. The van der Waals surface area contributed by atoms with Crippen molar-refractivity contribution in [3.63, 3.8) is 0 Å². The highest BCUT2D eigenvalue weighted by atomic mass is 16.5. The highest BCUT2D eigenvalue weighted by Gasteiger charge is 2.01. The Labute approximate surface area is 132 Å². The summed E-state index contributed by atoms with van der Waals surface area (Å²) in [6, 6.07) is 15.7. The van der Waals surface area contributed by atoms with E-state index in [0.29, 0.717) is 5.92 Å². The van der Waals surface area contributed by atoms with E-state index in [1.165, 1.54) is 18.2 Å². The predicted octanol–water partition coefficient (Wildman–Crippen LogP) is 6.21. The zero-order chi connectivity index (χ0) is 15.8. The standard InChI is InChI=1S/C19H22N2O/c1-4-15(3)14-16-6-8-17(9-7-16)20-21-18-10-12-19(13-11-18)22-5-2/h5-13,15H,2,4,14H2,1,3H3. The Morgan fingerprint density at radius 1 is 1.00 bits per heavy atom. The van der Waals surface area contributed by atoms with Gasteiger partial charge in [-0.1, -0.05) is 39.0 Å². The van der Waals surface area contributed by atoms with Crippen LogP contribution in [0.1, 0.15) is 25.8 Å². The molecule has 0 bridgehead atoms. The molecule has 0 aliphatic carbocycles. The van der Waals surface area contributed by atoms with Gasteiger partial charge in [0.05, 0.1) is 17.6 Å². The molecule has 2 aromatic rings. The molecule has 2 aromatic carbocycles. The summed E-state index contributed by atoms with van der Waals surface area (Å²) in [5.41, 5.74) is 3.00. The first-order valence-electron chi connectivity index (χ1n) is 7.59. The fourth-order valence-electron chi connectivity index (χ4n) is 2.05. The Balaban J connectivity index is 1.99. The molecule has 0 N–H and O–H groups in total. The van der Waals surface area contributed by atoms with Crippen LogP contribution in [0.5, 0.6) is 5.75 Å². The van der Waals surface area contributed by atoms with Gasteiger partial charge in [0.15, 0.2) is 0 Å². The average Bonchev–Trinajstić information content (AvgIpc) is 2.56. The summed E-state index contributed by atoms with van der Waals surface area (Å²) in [5.74, 6) is 1.45. The topological polar surface area (TPSA) is 34.0 Å². The summed E-state index contributed by atoms with van der Waals surface area (Å²) in [5, 5.41) is 8.48. The van der Waals surface area contributed by atoms with Gasteiger partial charge in [-0.25, -0.2) is 0 Å². The summed E-state index contributed by atoms with van der Waals surface area (Å²) < 4.78 is 5.17. The Kier molecular flexibility index (Phi) is 5.90. The fraction of sp³-hybridized carbons (Fsp3) is 0.263. The van der Waals surface area contributed by atoms with E-state index in [0.717, 1.165) is 23.5 Å². The smallest absolute Gasteiger partial charge is 0.126 e. The first kappa shape index (κ1) is 16.0. The van der Waals surface area contributed by atoms with Crippen LogP contribution in [-0.2, 0) is 6.42 Å². The van der Waals surface area contributed by atoms with E-state index in [9.17, 15) is 0 Å². The van der Waals surface area contributed by atoms with Crippen LogP contribution in [-0.4, -0.2) is 0 Å². The van der Waals surface area contributed by atoms with Gasteiger partial charge in [-0.2, -0.15) is 10.2 Å². The average molecular weight is 294 g/mol. The minimum atomic E-state index is 0.712. The van der Waals surface area contributed by atoms with Gasteiger partial charge in [-0.3, -0.25) is 0 Å². The molecule has 0 amide bonds. The number of azo groups is 1. The zero-order valence-corrected chi connectivity index (χ0v) is 13.2. The Bertz CT molecular complexity index is 615. The van der Waals surface area contributed by atoms with Crippen LogP contribution in [0, 0.1) is 5.92 Å². The van der Waals surface area contributed by atoms with Gasteiger partial charge < -0.3 is 4.74 Å². The van der Waals surface area contributed by atoms with Gasteiger partial charge in [0, 0.05) is 0 Å². The van der Waals surface area contributed by atoms with Gasteiger partial charge in [-0.05, 0) is 54.3 Å². The molecular weight excluding hydrogens is 272 g/mol. The van der Waals surface area contributed by atoms with E-state index in [2.05, 4.69) is 42.8 Å².